The van der Waals surface area contributed by atoms with E-state index in [1.165, 1.54) is 25.7 Å². The molecule has 37 heavy (non-hydrogen) atoms. The number of hydrogen-bond donors (Lipinski definition) is 1. The molecule has 0 aromatic heterocycles. The monoisotopic (exact) mass is 508 g/mol. The second-order valence-corrected chi connectivity index (χ2v) is 14.8. The molecule has 0 amide bonds. The fourth-order valence-electron chi connectivity index (χ4n) is 10.8. The molecule has 0 aromatic carbocycles. The van der Waals surface area contributed by atoms with Gasteiger partial charge in [-0.1, -0.05) is 65.3 Å². The van der Waals surface area contributed by atoms with Gasteiger partial charge in [0.25, 0.3) is 0 Å². The fourth-order valence-corrected chi connectivity index (χ4v) is 10.8. The molecular weight excluding hydrogens is 456 g/mol. The minimum absolute atomic E-state index is 0.0859. The van der Waals surface area contributed by atoms with Gasteiger partial charge in [0.15, 0.2) is 0 Å². The standard InChI is InChI=1S/C34H52O3/c1-8-10-23-18-25-22(19-27(23)37-30(36)11-9-2)14-16-33(6)26(25)12-13-29-32(5)21-24(35)20-31(3,4)28(32)15-17-34(29,33)7/h8,10,12,19,22-25,28-29,35H,9,11,13-18,20-21H2,1-7H3/b10-8+/t22-,23-,24-,25+,28-,29+,32-,33+,34+/m0/s1. The quantitative estimate of drug-likeness (QED) is 0.306. The van der Waals surface area contributed by atoms with Crippen LogP contribution in [0.3, 0.4) is 0 Å². The summed E-state index contributed by atoms with van der Waals surface area (Å²) in [5, 5.41) is 11.0. The van der Waals surface area contributed by atoms with Crippen molar-refractivity contribution < 1.29 is 14.6 Å². The minimum atomic E-state index is -0.175. The van der Waals surface area contributed by atoms with Crippen molar-refractivity contribution in [2.75, 3.05) is 0 Å². The third-order valence-corrected chi connectivity index (χ3v) is 12.4. The van der Waals surface area contributed by atoms with Crippen molar-refractivity contribution in [1.82, 2.24) is 0 Å². The first-order valence-electron chi connectivity index (χ1n) is 15.3. The highest BCUT2D eigenvalue weighted by Crippen LogP contribution is 2.74. The molecule has 0 aliphatic heterocycles. The van der Waals surface area contributed by atoms with Crippen LogP contribution in [0.25, 0.3) is 0 Å². The van der Waals surface area contributed by atoms with Crippen LogP contribution in [0.4, 0.5) is 0 Å². The van der Waals surface area contributed by atoms with Crippen molar-refractivity contribution in [3.05, 3.63) is 35.6 Å². The van der Waals surface area contributed by atoms with Crippen molar-refractivity contribution in [1.29, 1.82) is 0 Å². The number of carbonyl (C=O) groups is 1. The van der Waals surface area contributed by atoms with Crippen LogP contribution in [0.2, 0.25) is 0 Å². The molecule has 9 atom stereocenters. The highest BCUT2D eigenvalue weighted by molar-refractivity contribution is 5.70. The van der Waals surface area contributed by atoms with Crippen LogP contribution in [0, 0.1) is 51.2 Å². The van der Waals surface area contributed by atoms with E-state index in [4.69, 9.17) is 4.74 Å². The lowest BCUT2D eigenvalue weighted by Gasteiger charge is -2.70. The molecule has 3 fully saturated rings. The van der Waals surface area contributed by atoms with Crippen molar-refractivity contribution in [3.8, 4) is 0 Å². The van der Waals surface area contributed by atoms with Gasteiger partial charge in [0.2, 0.25) is 0 Å². The fraction of sp³-hybridized carbons (Fsp3) is 0.794. The lowest BCUT2D eigenvalue weighted by Crippen LogP contribution is -2.63. The minimum Gasteiger partial charge on any atom is -0.431 e. The molecule has 3 nitrogen and oxygen atoms in total. The molecule has 0 unspecified atom stereocenters. The van der Waals surface area contributed by atoms with Gasteiger partial charge in [-0.2, -0.15) is 0 Å². The third-order valence-electron chi connectivity index (χ3n) is 12.4. The molecule has 1 N–H and O–H groups in total. The molecule has 0 bridgehead atoms. The van der Waals surface area contributed by atoms with Gasteiger partial charge in [-0.05, 0) is 116 Å². The molecule has 0 aromatic rings. The lowest BCUT2D eigenvalue weighted by molar-refractivity contribution is -0.192. The summed E-state index contributed by atoms with van der Waals surface area (Å²) in [5.41, 5.74) is 2.55. The Labute approximate surface area is 226 Å². The van der Waals surface area contributed by atoms with E-state index in [1.54, 1.807) is 5.57 Å². The third kappa shape index (κ3) is 4.12. The van der Waals surface area contributed by atoms with E-state index in [0.717, 1.165) is 37.9 Å². The normalized spacial score (nSPS) is 46.6. The summed E-state index contributed by atoms with van der Waals surface area (Å²) in [4.78, 5) is 12.4. The molecule has 5 aliphatic rings. The zero-order valence-corrected chi connectivity index (χ0v) is 24.6. The van der Waals surface area contributed by atoms with E-state index in [9.17, 15) is 9.90 Å². The van der Waals surface area contributed by atoms with Gasteiger partial charge in [0.1, 0.15) is 5.76 Å². The maximum atomic E-state index is 12.4. The van der Waals surface area contributed by atoms with E-state index in [1.807, 2.05) is 6.92 Å². The van der Waals surface area contributed by atoms with E-state index in [0.29, 0.717) is 30.1 Å². The second kappa shape index (κ2) is 9.39. The molecule has 3 saturated carbocycles. The Hall–Kier alpha value is -1.35. The van der Waals surface area contributed by atoms with Crippen LogP contribution >= 0.6 is 0 Å². The Morgan fingerprint density at radius 1 is 1.11 bits per heavy atom. The van der Waals surface area contributed by atoms with E-state index in [2.05, 4.69) is 65.8 Å². The van der Waals surface area contributed by atoms with E-state index in [-0.39, 0.29) is 39.7 Å². The molecule has 5 rings (SSSR count). The Morgan fingerprint density at radius 3 is 2.57 bits per heavy atom. The van der Waals surface area contributed by atoms with E-state index >= 15 is 0 Å². The molecule has 0 spiro atoms. The number of aliphatic hydroxyl groups excluding tert-OH is 1. The van der Waals surface area contributed by atoms with Crippen LogP contribution in [0.1, 0.15) is 113 Å². The van der Waals surface area contributed by atoms with Gasteiger partial charge in [-0.15, -0.1) is 0 Å². The first kappa shape index (κ1) is 27.2. The van der Waals surface area contributed by atoms with Gasteiger partial charge < -0.3 is 9.84 Å². The predicted molar refractivity (Wildman–Crippen MR) is 150 cm³/mol. The first-order chi connectivity index (χ1) is 17.4. The largest absolute Gasteiger partial charge is 0.431 e. The first-order valence-corrected chi connectivity index (χ1v) is 15.3. The Bertz CT molecular complexity index is 1000. The molecule has 0 saturated heterocycles. The number of fused-ring (bicyclic) bond motifs is 7. The van der Waals surface area contributed by atoms with Crippen LogP contribution in [-0.2, 0) is 9.53 Å². The van der Waals surface area contributed by atoms with Crippen LogP contribution in [0.5, 0.6) is 0 Å². The average molecular weight is 509 g/mol. The number of carbonyl (C=O) groups excluding carboxylic acids is 1. The number of aliphatic hydroxyl groups is 1. The zero-order valence-electron chi connectivity index (χ0n) is 24.6. The number of ether oxygens (including phenoxy) is 1. The Kier molecular flexibility index (Phi) is 6.91. The van der Waals surface area contributed by atoms with Gasteiger partial charge in [-0.3, -0.25) is 4.79 Å². The summed E-state index contributed by atoms with van der Waals surface area (Å²) < 4.78 is 5.94. The summed E-state index contributed by atoms with van der Waals surface area (Å²) in [6.07, 6.45) is 19.6. The number of esters is 1. The smallest absolute Gasteiger partial charge is 0.310 e. The van der Waals surface area contributed by atoms with Crippen LogP contribution in [0.15, 0.2) is 35.6 Å². The van der Waals surface area contributed by atoms with Gasteiger partial charge in [0, 0.05) is 12.3 Å². The summed E-state index contributed by atoms with van der Waals surface area (Å²) in [6, 6.07) is 0. The summed E-state index contributed by atoms with van der Waals surface area (Å²) in [6.45, 7) is 16.7. The molecule has 0 heterocycles. The number of rotatable bonds is 4. The number of allylic oxidation sites excluding steroid dienone is 5. The molecule has 3 heteroatoms. The lowest BCUT2D eigenvalue weighted by atomic mass is 9.35. The number of hydrogen-bond acceptors (Lipinski definition) is 3. The summed E-state index contributed by atoms with van der Waals surface area (Å²) in [5.74, 6) is 3.30. The van der Waals surface area contributed by atoms with E-state index < -0.39 is 0 Å². The molecule has 5 aliphatic carbocycles. The highest BCUT2D eigenvalue weighted by Gasteiger charge is 2.66. The highest BCUT2D eigenvalue weighted by atomic mass is 16.5. The Morgan fingerprint density at radius 2 is 1.86 bits per heavy atom. The second-order valence-electron chi connectivity index (χ2n) is 14.8. The van der Waals surface area contributed by atoms with Gasteiger partial charge in [-0.25, -0.2) is 0 Å². The predicted octanol–water partition coefficient (Wildman–Crippen LogP) is 8.39. The van der Waals surface area contributed by atoms with Crippen molar-refractivity contribution in [3.63, 3.8) is 0 Å². The molecule has 206 valence electrons. The van der Waals surface area contributed by atoms with Crippen LogP contribution < -0.4 is 0 Å². The van der Waals surface area contributed by atoms with Crippen molar-refractivity contribution in [2.45, 2.75) is 119 Å². The van der Waals surface area contributed by atoms with Gasteiger partial charge in [0.05, 0.1) is 6.10 Å². The average Bonchev–Trinajstić information content (AvgIpc) is 2.79. The van der Waals surface area contributed by atoms with Gasteiger partial charge >= 0.3 is 5.97 Å². The SMILES string of the molecule is C/C=C/[C@H]1C[C@H]2C3=CC[C@@H]4[C@@]5(C)C[C@@H](O)CC(C)(C)[C@@H]5CC[C@@]4(C)[C@]3(C)CC[C@H]2C=C1OC(=O)CCC. The van der Waals surface area contributed by atoms with Crippen molar-refractivity contribution in [2.24, 2.45) is 51.2 Å². The zero-order chi connectivity index (χ0) is 26.8. The topological polar surface area (TPSA) is 46.5 Å². The summed E-state index contributed by atoms with van der Waals surface area (Å²) >= 11 is 0. The maximum absolute atomic E-state index is 12.4. The molecule has 0 radical (unpaired) electrons. The maximum Gasteiger partial charge on any atom is 0.310 e. The summed E-state index contributed by atoms with van der Waals surface area (Å²) in [7, 11) is 0. The van der Waals surface area contributed by atoms with Crippen molar-refractivity contribution >= 4 is 5.97 Å². The van der Waals surface area contributed by atoms with Crippen LogP contribution in [-0.4, -0.2) is 17.2 Å². The molecular formula is C34H52O3. The Balaban J connectivity index is 1.50.